The lowest BCUT2D eigenvalue weighted by Crippen LogP contribution is -2.21. The van der Waals surface area contributed by atoms with Crippen LogP contribution in [0.4, 0.5) is 11.4 Å². The van der Waals surface area contributed by atoms with Crippen molar-refractivity contribution in [3.8, 4) is 0 Å². The van der Waals surface area contributed by atoms with Crippen LogP contribution in [0, 0.1) is 0 Å². The normalized spacial score (nSPS) is 14.4. The molecular formula is C17H20ClN3. The summed E-state index contributed by atoms with van der Waals surface area (Å²) in [7, 11) is 0. The molecule has 1 saturated heterocycles. The molecule has 0 unspecified atom stereocenters. The lowest BCUT2D eigenvalue weighted by atomic mass is 10.2. The van der Waals surface area contributed by atoms with Gasteiger partial charge in [0.25, 0.3) is 0 Å². The van der Waals surface area contributed by atoms with Gasteiger partial charge in [0, 0.05) is 36.0 Å². The second kappa shape index (κ2) is 6.83. The number of rotatable bonds is 5. The summed E-state index contributed by atoms with van der Waals surface area (Å²) in [6, 6.07) is 16.4. The molecule has 1 aliphatic rings. The molecule has 2 aromatic carbocycles. The van der Waals surface area contributed by atoms with E-state index in [9.17, 15) is 0 Å². The minimum absolute atomic E-state index is 0.688. The molecule has 3 nitrogen and oxygen atoms in total. The molecule has 0 aromatic heterocycles. The fraction of sp³-hybridized carbons (Fsp3) is 0.294. The first-order valence-corrected chi connectivity index (χ1v) is 7.78. The zero-order chi connectivity index (χ0) is 14.5. The van der Waals surface area contributed by atoms with Gasteiger partial charge in [-0.1, -0.05) is 35.9 Å². The Morgan fingerprint density at radius 1 is 1.00 bits per heavy atom. The van der Waals surface area contributed by atoms with Crippen molar-refractivity contribution in [1.82, 2.24) is 5.43 Å². The smallest absolute Gasteiger partial charge is 0.0487 e. The molecule has 0 spiro atoms. The quantitative estimate of drug-likeness (QED) is 0.816. The predicted molar refractivity (Wildman–Crippen MR) is 89.8 cm³/mol. The monoisotopic (exact) mass is 301 g/mol. The first kappa shape index (κ1) is 14.2. The van der Waals surface area contributed by atoms with Crippen LogP contribution in [0.1, 0.15) is 18.4 Å². The van der Waals surface area contributed by atoms with Crippen molar-refractivity contribution in [3.63, 3.8) is 0 Å². The maximum Gasteiger partial charge on any atom is 0.0487 e. The average molecular weight is 302 g/mol. The topological polar surface area (TPSA) is 27.3 Å². The van der Waals surface area contributed by atoms with E-state index >= 15 is 0 Å². The summed E-state index contributed by atoms with van der Waals surface area (Å²) in [6.45, 7) is 2.97. The van der Waals surface area contributed by atoms with Crippen LogP contribution in [0.3, 0.4) is 0 Å². The Hall–Kier alpha value is -1.71. The molecule has 4 heteroatoms. The molecule has 3 rings (SSSR count). The van der Waals surface area contributed by atoms with Crippen LogP contribution < -0.4 is 15.8 Å². The number of nitrogens with zero attached hydrogens (tertiary/aromatic N) is 1. The Bertz CT molecular complexity index is 580. The predicted octanol–water partition coefficient (Wildman–Crippen LogP) is 4.06. The van der Waals surface area contributed by atoms with Crippen molar-refractivity contribution < 1.29 is 0 Å². The van der Waals surface area contributed by atoms with E-state index in [-0.39, 0.29) is 0 Å². The Kier molecular flexibility index (Phi) is 4.63. The van der Waals surface area contributed by atoms with Crippen LogP contribution in [0.2, 0.25) is 5.02 Å². The van der Waals surface area contributed by atoms with E-state index in [1.807, 2.05) is 30.3 Å². The highest BCUT2D eigenvalue weighted by molar-refractivity contribution is 6.31. The van der Waals surface area contributed by atoms with Gasteiger partial charge >= 0.3 is 0 Å². The molecule has 1 aliphatic heterocycles. The number of anilines is 2. The number of para-hydroxylation sites is 1. The maximum absolute atomic E-state index is 6.40. The lowest BCUT2D eigenvalue weighted by molar-refractivity contribution is 0.801. The number of benzene rings is 2. The van der Waals surface area contributed by atoms with Crippen LogP contribution in [-0.4, -0.2) is 13.1 Å². The largest absolute Gasteiger partial charge is 0.371 e. The van der Waals surface area contributed by atoms with E-state index in [1.165, 1.54) is 18.5 Å². The standard InChI is InChI=1S/C17H20ClN3/c18-17-12-16(21-10-4-5-11-21)9-8-14(17)13-19-20-15-6-2-1-3-7-15/h1-3,6-9,12,19-20H,4-5,10-11,13H2. The van der Waals surface area contributed by atoms with Crippen LogP contribution >= 0.6 is 11.6 Å². The highest BCUT2D eigenvalue weighted by atomic mass is 35.5. The maximum atomic E-state index is 6.40. The van der Waals surface area contributed by atoms with Gasteiger partial charge in [0.1, 0.15) is 0 Å². The molecule has 2 N–H and O–H groups in total. The number of hydrazine groups is 1. The summed E-state index contributed by atoms with van der Waals surface area (Å²) in [6.07, 6.45) is 2.56. The summed E-state index contributed by atoms with van der Waals surface area (Å²) in [5.41, 5.74) is 9.75. The van der Waals surface area contributed by atoms with E-state index in [2.05, 4.69) is 34.0 Å². The second-order valence-corrected chi connectivity index (χ2v) is 5.72. The third-order valence-corrected chi connectivity index (χ3v) is 4.15. The number of nitrogens with one attached hydrogen (secondary N) is 2. The SMILES string of the molecule is Clc1cc(N2CCCC2)ccc1CNNc1ccccc1. The van der Waals surface area contributed by atoms with Crippen molar-refractivity contribution >= 4 is 23.0 Å². The van der Waals surface area contributed by atoms with Gasteiger partial charge in [-0.25, -0.2) is 5.43 Å². The lowest BCUT2D eigenvalue weighted by Gasteiger charge is -2.19. The molecule has 1 heterocycles. The minimum atomic E-state index is 0.688. The molecule has 2 aromatic rings. The van der Waals surface area contributed by atoms with Gasteiger partial charge in [0.2, 0.25) is 0 Å². The zero-order valence-corrected chi connectivity index (χ0v) is 12.7. The minimum Gasteiger partial charge on any atom is -0.371 e. The summed E-state index contributed by atoms with van der Waals surface area (Å²) in [5.74, 6) is 0. The molecular weight excluding hydrogens is 282 g/mol. The van der Waals surface area contributed by atoms with E-state index in [1.54, 1.807) is 0 Å². The van der Waals surface area contributed by atoms with Crippen LogP contribution in [0.15, 0.2) is 48.5 Å². The van der Waals surface area contributed by atoms with Crippen molar-refractivity contribution in [1.29, 1.82) is 0 Å². The van der Waals surface area contributed by atoms with Gasteiger partial charge in [-0.15, -0.1) is 0 Å². The molecule has 1 fully saturated rings. The summed E-state index contributed by atoms with van der Waals surface area (Å²) >= 11 is 6.40. The molecule has 0 saturated carbocycles. The Labute approximate surface area is 130 Å². The van der Waals surface area contributed by atoms with Crippen molar-refractivity contribution in [2.45, 2.75) is 19.4 Å². The number of halogens is 1. The molecule has 0 bridgehead atoms. The molecule has 0 radical (unpaired) electrons. The highest BCUT2D eigenvalue weighted by Crippen LogP contribution is 2.26. The summed E-state index contributed by atoms with van der Waals surface area (Å²) in [4.78, 5) is 2.39. The van der Waals surface area contributed by atoms with Crippen LogP contribution in [0.25, 0.3) is 0 Å². The Morgan fingerprint density at radius 2 is 1.76 bits per heavy atom. The van der Waals surface area contributed by atoms with E-state index in [4.69, 9.17) is 11.6 Å². The Balaban J connectivity index is 1.58. The van der Waals surface area contributed by atoms with Gasteiger partial charge in [0.05, 0.1) is 0 Å². The van der Waals surface area contributed by atoms with Crippen molar-refractivity contribution in [2.24, 2.45) is 0 Å². The van der Waals surface area contributed by atoms with E-state index in [0.29, 0.717) is 6.54 Å². The fourth-order valence-electron chi connectivity index (χ4n) is 2.61. The van der Waals surface area contributed by atoms with Gasteiger partial charge in [-0.2, -0.15) is 0 Å². The molecule has 0 amide bonds. The average Bonchev–Trinajstić information content (AvgIpc) is 3.04. The van der Waals surface area contributed by atoms with Crippen molar-refractivity contribution in [2.75, 3.05) is 23.4 Å². The summed E-state index contributed by atoms with van der Waals surface area (Å²) < 4.78 is 0. The van der Waals surface area contributed by atoms with Crippen LogP contribution in [0.5, 0.6) is 0 Å². The fourth-order valence-corrected chi connectivity index (χ4v) is 2.86. The first-order chi connectivity index (χ1) is 10.3. The van der Waals surface area contributed by atoms with Crippen molar-refractivity contribution in [3.05, 3.63) is 59.1 Å². The number of hydrogen-bond acceptors (Lipinski definition) is 3. The number of hydrogen-bond donors (Lipinski definition) is 2. The highest BCUT2D eigenvalue weighted by Gasteiger charge is 2.13. The zero-order valence-electron chi connectivity index (χ0n) is 12.0. The third-order valence-electron chi connectivity index (χ3n) is 3.79. The van der Waals surface area contributed by atoms with E-state index < -0.39 is 0 Å². The molecule has 0 aliphatic carbocycles. The van der Waals surface area contributed by atoms with Gasteiger partial charge in [-0.3, -0.25) is 0 Å². The third kappa shape index (κ3) is 3.69. The Morgan fingerprint density at radius 3 is 2.48 bits per heavy atom. The van der Waals surface area contributed by atoms with Crippen LogP contribution in [-0.2, 0) is 6.54 Å². The van der Waals surface area contributed by atoms with Gasteiger partial charge in [0.15, 0.2) is 0 Å². The van der Waals surface area contributed by atoms with Gasteiger partial charge in [-0.05, 0) is 42.7 Å². The first-order valence-electron chi connectivity index (χ1n) is 7.40. The molecule has 21 heavy (non-hydrogen) atoms. The van der Waals surface area contributed by atoms with E-state index in [0.717, 1.165) is 29.4 Å². The molecule has 110 valence electrons. The van der Waals surface area contributed by atoms with Gasteiger partial charge < -0.3 is 10.3 Å². The molecule has 0 atom stereocenters. The summed E-state index contributed by atoms with van der Waals surface area (Å²) in [5, 5.41) is 0.821. The second-order valence-electron chi connectivity index (χ2n) is 5.31.